The number of halogens is 1. The summed E-state index contributed by atoms with van der Waals surface area (Å²) in [7, 11) is 1.26. The molecular weight excluding hydrogens is 261 g/mol. The number of carbonyl (C=O) groups is 1. The Bertz CT molecular complexity index is 469. The number of esters is 1. The number of methoxy groups -OCH3 is 1. The SMILES string of the molecule is CCN(Cc1ccc(C(=O)OC)cc1F)CC(C)(C)O. The third-order valence-corrected chi connectivity index (χ3v) is 2.93. The second-order valence-electron chi connectivity index (χ2n) is 5.41. The second kappa shape index (κ2) is 6.81. The van der Waals surface area contributed by atoms with Gasteiger partial charge in [0.15, 0.2) is 0 Å². The van der Waals surface area contributed by atoms with E-state index in [0.29, 0.717) is 25.2 Å². The lowest BCUT2D eigenvalue weighted by Gasteiger charge is -2.28. The largest absolute Gasteiger partial charge is 0.465 e. The number of nitrogens with zero attached hydrogens (tertiary/aromatic N) is 1. The molecule has 0 aliphatic carbocycles. The van der Waals surface area contributed by atoms with Crippen LogP contribution in [0.1, 0.15) is 36.7 Å². The van der Waals surface area contributed by atoms with Gasteiger partial charge in [-0.25, -0.2) is 9.18 Å². The number of aliphatic hydroxyl groups is 1. The first kappa shape index (κ1) is 16.6. The van der Waals surface area contributed by atoms with Gasteiger partial charge in [-0.05, 0) is 32.5 Å². The van der Waals surface area contributed by atoms with Crippen LogP contribution in [0.25, 0.3) is 0 Å². The highest BCUT2D eigenvalue weighted by atomic mass is 19.1. The fourth-order valence-electron chi connectivity index (χ4n) is 1.99. The van der Waals surface area contributed by atoms with Crippen LogP contribution in [0.15, 0.2) is 18.2 Å². The Hall–Kier alpha value is -1.46. The molecule has 4 nitrogen and oxygen atoms in total. The standard InChI is InChI=1S/C15H22FNO3/c1-5-17(10-15(2,3)19)9-12-7-6-11(8-13(12)16)14(18)20-4/h6-8,19H,5,9-10H2,1-4H3. The molecule has 112 valence electrons. The molecule has 20 heavy (non-hydrogen) atoms. The topological polar surface area (TPSA) is 49.8 Å². The van der Waals surface area contributed by atoms with Gasteiger partial charge in [-0.15, -0.1) is 0 Å². The number of benzene rings is 1. The molecule has 1 N–H and O–H groups in total. The van der Waals surface area contributed by atoms with Crippen molar-refractivity contribution in [3.8, 4) is 0 Å². The van der Waals surface area contributed by atoms with Crippen molar-refractivity contribution in [3.63, 3.8) is 0 Å². The Morgan fingerprint density at radius 3 is 2.55 bits per heavy atom. The molecule has 0 aromatic heterocycles. The van der Waals surface area contributed by atoms with Gasteiger partial charge in [-0.1, -0.05) is 13.0 Å². The summed E-state index contributed by atoms with van der Waals surface area (Å²) in [4.78, 5) is 13.3. The first-order valence-corrected chi connectivity index (χ1v) is 6.58. The summed E-state index contributed by atoms with van der Waals surface area (Å²) in [5.41, 5.74) is -0.152. The average Bonchev–Trinajstić information content (AvgIpc) is 2.37. The molecular formula is C15H22FNO3. The van der Waals surface area contributed by atoms with Crippen molar-refractivity contribution in [3.05, 3.63) is 35.1 Å². The molecule has 0 saturated heterocycles. The molecule has 5 heteroatoms. The van der Waals surface area contributed by atoms with Crippen LogP contribution >= 0.6 is 0 Å². The van der Waals surface area contributed by atoms with Gasteiger partial charge in [0, 0.05) is 18.7 Å². The van der Waals surface area contributed by atoms with Gasteiger partial charge in [-0.2, -0.15) is 0 Å². The third kappa shape index (κ3) is 4.90. The van der Waals surface area contributed by atoms with Crippen molar-refractivity contribution >= 4 is 5.97 Å². The maximum absolute atomic E-state index is 14.0. The summed E-state index contributed by atoms with van der Waals surface area (Å²) in [6.45, 7) is 6.91. The molecule has 0 bridgehead atoms. The summed E-state index contributed by atoms with van der Waals surface area (Å²) in [6.07, 6.45) is 0. The van der Waals surface area contributed by atoms with Crippen LogP contribution in [0, 0.1) is 5.82 Å². The molecule has 0 spiro atoms. The Kier molecular flexibility index (Phi) is 5.65. The van der Waals surface area contributed by atoms with Gasteiger partial charge in [0.1, 0.15) is 5.82 Å². The molecule has 0 aliphatic rings. The molecule has 0 aliphatic heterocycles. The predicted molar refractivity (Wildman–Crippen MR) is 75.0 cm³/mol. The fourth-order valence-corrected chi connectivity index (χ4v) is 1.99. The maximum atomic E-state index is 14.0. The number of hydrogen-bond donors (Lipinski definition) is 1. The number of rotatable bonds is 6. The maximum Gasteiger partial charge on any atom is 0.337 e. The summed E-state index contributed by atoms with van der Waals surface area (Å²) in [5.74, 6) is -0.999. The van der Waals surface area contributed by atoms with Crippen molar-refractivity contribution in [2.75, 3.05) is 20.2 Å². The predicted octanol–water partition coefficient (Wildman–Crippen LogP) is 2.21. The van der Waals surface area contributed by atoms with E-state index in [-0.39, 0.29) is 5.56 Å². The summed E-state index contributed by atoms with van der Waals surface area (Å²) < 4.78 is 18.5. The highest BCUT2D eigenvalue weighted by molar-refractivity contribution is 5.89. The number of ether oxygens (including phenoxy) is 1. The van der Waals surface area contributed by atoms with Crippen LogP contribution in [0.3, 0.4) is 0 Å². The molecule has 1 aromatic rings. The Morgan fingerprint density at radius 2 is 2.10 bits per heavy atom. The van der Waals surface area contributed by atoms with Crippen LogP contribution in [0.2, 0.25) is 0 Å². The number of carbonyl (C=O) groups excluding carboxylic acids is 1. The summed E-state index contributed by atoms with van der Waals surface area (Å²) >= 11 is 0. The Labute approximate surface area is 119 Å². The molecule has 0 unspecified atom stereocenters. The molecule has 0 atom stereocenters. The first-order chi connectivity index (χ1) is 9.26. The minimum atomic E-state index is -0.835. The van der Waals surface area contributed by atoms with E-state index in [2.05, 4.69) is 4.74 Å². The van der Waals surface area contributed by atoms with Gasteiger partial charge >= 0.3 is 5.97 Å². The average molecular weight is 283 g/mol. The zero-order chi connectivity index (χ0) is 15.3. The quantitative estimate of drug-likeness (QED) is 0.813. The van der Waals surface area contributed by atoms with E-state index in [1.807, 2.05) is 11.8 Å². The van der Waals surface area contributed by atoms with Crippen LogP contribution in [0.5, 0.6) is 0 Å². The zero-order valence-corrected chi connectivity index (χ0v) is 12.4. The van der Waals surface area contributed by atoms with Gasteiger partial charge < -0.3 is 9.84 Å². The highest BCUT2D eigenvalue weighted by Gasteiger charge is 2.19. The lowest BCUT2D eigenvalue weighted by atomic mass is 10.1. The Morgan fingerprint density at radius 1 is 1.45 bits per heavy atom. The molecule has 1 rings (SSSR count). The summed E-state index contributed by atoms with van der Waals surface area (Å²) in [6, 6.07) is 4.30. The van der Waals surface area contributed by atoms with Crippen molar-refractivity contribution < 1.29 is 19.0 Å². The van der Waals surface area contributed by atoms with Gasteiger partial charge in [-0.3, -0.25) is 4.90 Å². The Balaban J connectivity index is 2.84. The van der Waals surface area contributed by atoms with Crippen molar-refractivity contribution in [2.24, 2.45) is 0 Å². The van der Waals surface area contributed by atoms with Crippen molar-refractivity contribution in [1.82, 2.24) is 4.90 Å². The van der Waals surface area contributed by atoms with Crippen LogP contribution in [-0.4, -0.2) is 41.8 Å². The lowest BCUT2D eigenvalue weighted by Crippen LogP contribution is -2.38. The van der Waals surface area contributed by atoms with Gasteiger partial charge in [0.2, 0.25) is 0 Å². The van der Waals surface area contributed by atoms with Crippen LogP contribution in [0.4, 0.5) is 4.39 Å². The monoisotopic (exact) mass is 283 g/mol. The van der Waals surface area contributed by atoms with Gasteiger partial charge in [0.05, 0.1) is 18.3 Å². The summed E-state index contributed by atoms with van der Waals surface area (Å²) in [5, 5.41) is 9.82. The van der Waals surface area contributed by atoms with E-state index in [4.69, 9.17) is 0 Å². The number of likely N-dealkylation sites (N-methyl/N-ethyl adjacent to an activating group) is 1. The van der Waals surface area contributed by atoms with Crippen molar-refractivity contribution in [2.45, 2.75) is 32.9 Å². The van der Waals surface area contributed by atoms with E-state index >= 15 is 0 Å². The molecule has 0 radical (unpaired) electrons. The van der Waals surface area contributed by atoms with E-state index in [1.54, 1.807) is 26.0 Å². The normalized spacial score (nSPS) is 11.8. The molecule has 0 amide bonds. The highest BCUT2D eigenvalue weighted by Crippen LogP contribution is 2.15. The van der Waals surface area contributed by atoms with Gasteiger partial charge in [0.25, 0.3) is 0 Å². The van der Waals surface area contributed by atoms with Crippen LogP contribution < -0.4 is 0 Å². The second-order valence-corrected chi connectivity index (χ2v) is 5.41. The molecule has 0 heterocycles. The molecule has 0 saturated carbocycles. The smallest absolute Gasteiger partial charge is 0.337 e. The van der Waals surface area contributed by atoms with E-state index in [1.165, 1.54) is 13.2 Å². The lowest BCUT2D eigenvalue weighted by molar-refractivity contribution is 0.0350. The molecule has 0 fully saturated rings. The fraction of sp³-hybridized carbons (Fsp3) is 0.533. The number of hydrogen-bond acceptors (Lipinski definition) is 4. The first-order valence-electron chi connectivity index (χ1n) is 6.58. The van der Waals surface area contributed by atoms with E-state index in [9.17, 15) is 14.3 Å². The minimum Gasteiger partial charge on any atom is -0.465 e. The molecule has 1 aromatic carbocycles. The van der Waals surface area contributed by atoms with Crippen LogP contribution in [-0.2, 0) is 11.3 Å². The minimum absolute atomic E-state index is 0.194. The van der Waals surface area contributed by atoms with E-state index < -0.39 is 17.4 Å². The van der Waals surface area contributed by atoms with Crippen molar-refractivity contribution in [1.29, 1.82) is 0 Å². The third-order valence-electron chi connectivity index (χ3n) is 2.93. The zero-order valence-electron chi connectivity index (χ0n) is 12.4. The van der Waals surface area contributed by atoms with E-state index in [0.717, 1.165) is 0 Å².